The molecule has 1 aliphatic rings. The molecule has 1 aromatic heterocycles. The second kappa shape index (κ2) is 10.6. The largest absolute Gasteiger partial charge is 0.493 e. The van der Waals surface area contributed by atoms with E-state index in [0.29, 0.717) is 37.9 Å². The van der Waals surface area contributed by atoms with Crippen molar-refractivity contribution in [2.24, 2.45) is 0 Å². The first-order chi connectivity index (χ1) is 16.7. The highest BCUT2D eigenvalue weighted by Crippen LogP contribution is 2.30. The molecule has 1 aliphatic heterocycles. The van der Waals surface area contributed by atoms with Crippen LogP contribution in [0, 0.1) is 6.92 Å². The summed E-state index contributed by atoms with van der Waals surface area (Å²) in [7, 11) is 0. The summed E-state index contributed by atoms with van der Waals surface area (Å²) in [6, 6.07) is 17.8. The Morgan fingerprint density at radius 1 is 1.06 bits per heavy atom. The van der Waals surface area contributed by atoms with E-state index in [4.69, 9.17) is 25.5 Å². The lowest BCUT2D eigenvalue weighted by atomic mass is 10.0. The number of alkyl halides is 1. The van der Waals surface area contributed by atoms with Gasteiger partial charge in [0.25, 0.3) is 0 Å². The summed E-state index contributed by atoms with van der Waals surface area (Å²) in [6.45, 7) is 8.96. The van der Waals surface area contributed by atoms with Gasteiger partial charge in [0.1, 0.15) is 17.1 Å². The molecule has 6 nitrogen and oxygen atoms in total. The fourth-order valence-corrected chi connectivity index (χ4v) is 4.19. The zero-order valence-corrected chi connectivity index (χ0v) is 21.4. The van der Waals surface area contributed by atoms with Crippen LogP contribution in [-0.2, 0) is 11.2 Å². The monoisotopic (exact) mass is 494 g/mol. The topological polar surface area (TPSA) is 64.8 Å². The fraction of sp³-hybridized carbons (Fsp3) is 0.357. The van der Waals surface area contributed by atoms with Crippen LogP contribution < -0.4 is 4.74 Å². The molecule has 0 radical (unpaired) electrons. The second-order valence-corrected chi connectivity index (χ2v) is 9.83. The third-order valence-electron chi connectivity index (χ3n) is 5.69. The van der Waals surface area contributed by atoms with Crippen molar-refractivity contribution in [2.45, 2.75) is 39.7 Å². The van der Waals surface area contributed by atoms with Gasteiger partial charge < -0.3 is 13.9 Å². The van der Waals surface area contributed by atoms with E-state index in [9.17, 15) is 4.79 Å². The molecule has 0 saturated carbocycles. The van der Waals surface area contributed by atoms with Gasteiger partial charge in [-0.15, -0.1) is 11.6 Å². The number of hydrogen-bond acceptors (Lipinski definition) is 5. The molecule has 4 rings (SSSR count). The molecule has 2 heterocycles. The molecular formula is C28H31ClN2O4. The predicted octanol–water partition coefficient (Wildman–Crippen LogP) is 6.51. The van der Waals surface area contributed by atoms with Crippen molar-refractivity contribution in [1.82, 2.24) is 9.88 Å². The van der Waals surface area contributed by atoms with Gasteiger partial charge in [-0.1, -0.05) is 30.3 Å². The van der Waals surface area contributed by atoms with Crippen molar-refractivity contribution in [3.05, 3.63) is 77.2 Å². The Morgan fingerprint density at radius 2 is 1.77 bits per heavy atom. The van der Waals surface area contributed by atoms with E-state index in [2.05, 4.69) is 4.98 Å². The Balaban J connectivity index is 1.35. The molecule has 0 fully saturated rings. The minimum absolute atomic E-state index is 0.325. The lowest BCUT2D eigenvalue weighted by molar-refractivity contribution is 0.0303. The standard InChI is InChI=1S/C28H31ClN2O4/c1-19-25(30-26(34-19)21-8-6-5-7-9-21)14-15-33-23-12-10-20(11-13-23)24-18-31(17-22(24)16-29)27(32)35-28(2,3)4/h5-13H,14-18H2,1-4H3. The van der Waals surface area contributed by atoms with Crippen LogP contribution in [0.25, 0.3) is 17.0 Å². The predicted molar refractivity (Wildman–Crippen MR) is 138 cm³/mol. The van der Waals surface area contributed by atoms with Gasteiger partial charge in [-0.25, -0.2) is 9.78 Å². The van der Waals surface area contributed by atoms with E-state index < -0.39 is 5.60 Å². The van der Waals surface area contributed by atoms with Crippen LogP contribution in [0.1, 0.15) is 37.8 Å². The Labute approximate surface area is 211 Å². The van der Waals surface area contributed by atoms with E-state index in [1.165, 1.54) is 0 Å². The maximum atomic E-state index is 12.5. The first-order valence-corrected chi connectivity index (χ1v) is 12.3. The molecule has 2 aromatic carbocycles. The number of rotatable bonds is 7. The first-order valence-electron chi connectivity index (χ1n) is 11.7. The number of carbonyl (C=O) groups is 1. The minimum atomic E-state index is -0.534. The number of hydrogen-bond donors (Lipinski definition) is 0. The summed E-state index contributed by atoms with van der Waals surface area (Å²) in [5.74, 6) is 2.57. The smallest absolute Gasteiger partial charge is 0.410 e. The van der Waals surface area contributed by atoms with E-state index >= 15 is 0 Å². The molecule has 0 saturated heterocycles. The van der Waals surface area contributed by atoms with Crippen LogP contribution in [0.4, 0.5) is 4.79 Å². The molecule has 0 spiro atoms. The molecule has 35 heavy (non-hydrogen) atoms. The van der Waals surface area contributed by atoms with Crippen molar-refractivity contribution in [3.63, 3.8) is 0 Å². The van der Waals surface area contributed by atoms with Gasteiger partial charge in [0.2, 0.25) is 5.89 Å². The summed E-state index contributed by atoms with van der Waals surface area (Å²) >= 11 is 6.19. The lowest BCUT2D eigenvalue weighted by Gasteiger charge is -2.24. The second-order valence-electron chi connectivity index (χ2n) is 9.56. The first kappa shape index (κ1) is 24.9. The number of carbonyl (C=O) groups excluding carboxylic acids is 1. The molecule has 0 bridgehead atoms. The van der Waals surface area contributed by atoms with Crippen LogP contribution in [-0.4, -0.2) is 47.2 Å². The van der Waals surface area contributed by atoms with Crippen LogP contribution in [0.5, 0.6) is 5.75 Å². The third kappa shape index (κ3) is 6.25. The number of benzene rings is 2. The molecule has 1 amide bonds. The van der Waals surface area contributed by atoms with Crippen LogP contribution >= 0.6 is 11.6 Å². The summed E-state index contributed by atoms with van der Waals surface area (Å²) < 4.78 is 17.3. The summed E-state index contributed by atoms with van der Waals surface area (Å²) in [6.07, 6.45) is 0.324. The van der Waals surface area contributed by atoms with Crippen molar-refractivity contribution in [2.75, 3.05) is 25.6 Å². The number of amides is 1. The number of aryl methyl sites for hydroxylation is 1. The number of ether oxygens (including phenoxy) is 2. The number of halogens is 1. The number of oxazole rings is 1. The SMILES string of the molecule is Cc1oc(-c2ccccc2)nc1CCOc1ccc(C2=C(CCl)CN(C(=O)OC(C)(C)C)C2)cc1. The van der Waals surface area contributed by atoms with E-state index in [1.54, 1.807) is 4.90 Å². The normalized spacial score (nSPS) is 13.9. The molecule has 0 N–H and O–H groups in total. The van der Waals surface area contributed by atoms with Gasteiger partial charge >= 0.3 is 6.09 Å². The molecule has 0 aliphatic carbocycles. The van der Waals surface area contributed by atoms with Crippen molar-refractivity contribution >= 4 is 23.3 Å². The summed E-state index contributed by atoms with van der Waals surface area (Å²) in [4.78, 5) is 18.8. The highest BCUT2D eigenvalue weighted by molar-refractivity contribution is 6.20. The van der Waals surface area contributed by atoms with Crippen molar-refractivity contribution in [1.29, 1.82) is 0 Å². The molecule has 0 unspecified atom stereocenters. The van der Waals surface area contributed by atoms with E-state index in [-0.39, 0.29) is 6.09 Å². The van der Waals surface area contributed by atoms with Crippen molar-refractivity contribution in [3.8, 4) is 17.2 Å². The molecule has 184 valence electrons. The fourth-order valence-electron chi connectivity index (χ4n) is 3.94. The quantitative estimate of drug-likeness (QED) is 0.350. The number of aromatic nitrogens is 1. The molecule has 7 heteroatoms. The van der Waals surface area contributed by atoms with E-state index in [0.717, 1.165) is 39.5 Å². The highest BCUT2D eigenvalue weighted by Gasteiger charge is 2.29. The van der Waals surface area contributed by atoms with Crippen LogP contribution in [0.3, 0.4) is 0 Å². The maximum Gasteiger partial charge on any atom is 0.410 e. The van der Waals surface area contributed by atoms with Crippen molar-refractivity contribution < 1.29 is 18.7 Å². The Hall–Kier alpha value is -3.25. The zero-order valence-electron chi connectivity index (χ0n) is 20.6. The van der Waals surface area contributed by atoms with E-state index in [1.807, 2.05) is 82.3 Å². The average molecular weight is 495 g/mol. The lowest BCUT2D eigenvalue weighted by Crippen LogP contribution is -2.35. The zero-order chi connectivity index (χ0) is 25.0. The summed E-state index contributed by atoms with van der Waals surface area (Å²) in [5.41, 5.74) is 4.43. The van der Waals surface area contributed by atoms with Gasteiger partial charge in [-0.2, -0.15) is 0 Å². The van der Waals surface area contributed by atoms with Gasteiger partial charge in [0.15, 0.2) is 0 Å². The van der Waals surface area contributed by atoms with Crippen LogP contribution in [0.15, 0.2) is 64.6 Å². The molecule has 0 atom stereocenters. The Morgan fingerprint density at radius 3 is 2.43 bits per heavy atom. The van der Waals surface area contributed by atoms with Crippen LogP contribution in [0.2, 0.25) is 0 Å². The highest BCUT2D eigenvalue weighted by atomic mass is 35.5. The van der Waals surface area contributed by atoms with Gasteiger partial charge in [0, 0.05) is 24.4 Å². The minimum Gasteiger partial charge on any atom is -0.493 e. The van der Waals surface area contributed by atoms with Gasteiger partial charge in [-0.05, 0) is 68.7 Å². The maximum absolute atomic E-state index is 12.5. The third-order valence-corrected chi connectivity index (χ3v) is 6.02. The molecular weight excluding hydrogens is 464 g/mol. The van der Waals surface area contributed by atoms with Gasteiger partial charge in [-0.3, -0.25) is 4.90 Å². The average Bonchev–Trinajstić information content (AvgIpc) is 3.43. The molecule has 3 aromatic rings. The summed E-state index contributed by atoms with van der Waals surface area (Å²) in [5, 5.41) is 0. The Bertz CT molecular complexity index is 1190. The number of nitrogens with zero attached hydrogens (tertiary/aromatic N) is 2. The van der Waals surface area contributed by atoms with Gasteiger partial charge in [0.05, 0.1) is 18.8 Å². The Kier molecular flexibility index (Phi) is 7.51.